The minimum Gasteiger partial charge on any atom is -0.507 e. The number of nitrogens with two attached hydrogens (primary N) is 1. The second-order valence-electron chi connectivity index (χ2n) is 8.34. The number of nitrogen functional groups attached to an aromatic ring is 1. The lowest BCUT2D eigenvalue weighted by atomic mass is 9.86. The summed E-state index contributed by atoms with van der Waals surface area (Å²) in [6, 6.07) is 4.99. The number of aliphatic carboxylic acids is 1. The molecular weight excluding hydrogens is 412 g/mol. The van der Waals surface area contributed by atoms with Crippen LogP contribution >= 0.6 is 0 Å². The standard InChI is InChI=1S/C22H22N6O4/c1-10-6-14-13(16(29)7-10)8-15(26-14)17-21(30)28(12-4-2-11(3-5-12)22(31)32)20-18(27-17)19(23)24-9-25-20/h6-9,11-12,26,29H,2-5H2,1H3,(H,31,32)(H2,23,24,25). The number of phenolic OH excluding ortho intramolecular Hbond substituents is 1. The molecule has 3 aromatic heterocycles. The number of phenols is 1. The first kappa shape index (κ1) is 20.0. The SMILES string of the molecule is Cc1cc(O)c2cc(-c3nc4c(N)ncnc4n(C4CCC(C(=O)O)CC4)c3=O)[nH]c2c1. The van der Waals surface area contributed by atoms with Crippen molar-refractivity contribution in [3.63, 3.8) is 0 Å². The Balaban J connectivity index is 1.71. The molecule has 164 valence electrons. The minimum absolute atomic E-state index is 0.110. The third kappa shape index (κ3) is 3.15. The first-order chi connectivity index (χ1) is 15.3. The van der Waals surface area contributed by atoms with Crippen molar-refractivity contribution in [3.8, 4) is 17.1 Å². The molecule has 5 rings (SSSR count). The van der Waals surface area contributed by atoms with Crippen LogP contribution in [0.25, 0.3) is 33.5 Å². The van der Waals surface area contributed by atoms with Crippen molar-refractivity contribution >= 4 is 33.9 Å². The van der Waals surface area contributed by atoms with E-state index in [9.17, 15) is 19.8 Å². The lowest BCUT2D eigenvalue weighted by Crippen LogP contribution is -2.32. The van der Waals surface area contributed by atoms with Gasteiger partial charge in [-0.25, -0.2) is 15.0 Å². The highest BCUT2D eigenvalue weighted by molar-refractivity contribution is 5.91. The van der Waals surface area contributed by atoms with Crippen LogP contribution in [0.15, 0.2) is 29.3 Å². The van der Waals surface area contributed by atoms with E-state index in [0.717, 1.165) is 5.56 Å². The zero-order valence-corrected chi connectivity index (χ0v) is 17.4. The highest BCUT2D eigenvalue weighted by atomic mass is 16.4. The molecule has 0 unspecified atom stereocenters. The average molecular weight is 434 g/mol. The van der Waals surface area contributed by atoms with E-state index in [1.165, 1.54) is 6.33 Å². The van der Waals surface area contributed by atoms with Crippen molar-refractivity contribution in [1.82, 2.24) is 24.5 Å². The van der Waals surface area contributed by atoms with Crippen LogP contribution in [0.5, 0.6) is 5.75 Å². The Bertz CT molecular complexity index is 1430. The second kappa shape index (κ2) is 7.33. The van der Waals surface area contributed by atoms with Crippen LogP contribution in [-0.2, 0) is 4.79 Å². The number of aryl methyl sites for hydroxylation is 1. The van der Waals surface area contributed by atoms with Gasteiger partial charge in [0.15, 0.2) is 17.2 Å². The minimum atomic E-state index is -0.809. The molecule has 1 fully saturated rings. The molecule has 1 aliphatic rings. The number of aromatic hydroxyl groups is 1. The fraction of sp³-hybridized carbons (Fsp3) is 0.318. The van der Waals surface area contributed by atoms with Crippen LogP contribution in [0, 0.1) is 12.8 Å². The first-order valence-corrected chi connectivity index (χ1v) is 10.4. The molecule has 1 saturated carbocycles. The summed E-state index contributed by atoms with van der Waals surface area (Å²) in [4.78, 5) is 41.0. The van der Waals surface area contributed by atoms with Gasteiger partial charge in [-0.05, 0) is 56.4 Å². The maximum atomic E-state index is 13.6. The van der Waals surface area contributed by atoms with E-state index < -0.39 is 11.9 Å². The number of nitrogens with zero attached hydrogens (tertiary/aromatic N) is 4. The Labute approximate surface area is 181 Å². The Hall–Kier alpha value is -3.95. The zero-order chi connectivity index (χ0) is 22.6. The fourth-order valence-corrected chi connectivity index (χ4v) is 4.62. The van der Waals surface area contributed by atoms with Gasteiger partial charge in [0.2, 0.25) is 0 Å². The third-order valence-electron chi connectivity index (χ3n) is 6.23. The molecule has 5 N–H and O–H groups in total. The van der Waals surface area contributed by atoms with E-state index in [4.69, 9.17) is 5.73 Å². The summed E-state index contributed by atoms with van der Waals surface area (Å²) in [6.45, 7) is 1.87. The van der Waals surface area contributed by atoms with E-state index in [2.05, 4.69) is 19.9 Å². The number of benzene rings is 1. The normalized spacial score (nSPS) is 18.9. The second-order valence-corrected chi connectivity index (χ2v) is 8.34. The molecule has 10 nitrogen and oxygen atoms in total. The molecule has 0 amide bonds. The molecule has 1 aromatic carbocycles. The molecule has 32 heavy (non-hydrogen) atoms. The molecule has 4 aromatic rings. The van der Waals surface area contributed by atoms with Crippen LogP contribution in [0.2, 0.25) is 0 Å². The van der Waals surface area contributed by atoms with Gasteiger partial charge in [0, 0.05) is 16.9 Å². The summed E-state index contributed by atoms with van der Waals surface area (Å²) < 4.78 is 1.57. The number of H-pyrrole nitrogens is 1. The molecule has 0 bridgehead atoms. The number of aromatic nitrogens is 5. The number of hydrogen-bond donors (Lipinski definition) is 4. The summed E-state index contributed by atoms with van der Waals surface area (Å²) in [7, 11) is 0. The predicted molar refractivity (Wildman–Crippen MR) is 118 cm³/mol. The van der Waals surface area contributed by atoms with Crippen LogP contribution < -0.4 is 11.3 Å². The maximum absolute atomic E-state index is 13.6. The van der Waals surface area contributed by atoms with E-state index in [0.29, 0.717) is 53.4 Å². The van der Waals surface area contributed by atoms with Gasteiger partial charge in [0.05, 0.1) is 11.6 Å². The molecule has 0 aliphatic heterocycles. The summed E-state index contributed by atoms with van der Waals surface area (Å²) in [6.07, 6.45) is 3.32. The first-order valence-electron chi connectivity index (χ1n) is 10.4. The number of aromatic amines is 1. The van der Waals surface area contributed by atoms with E-state index in [-0.39, 0.29) is 28.9 Å². The highest BCUT2D eigenvalue weighted by Gasteiger charge is 2.30. The quantitative estimate of drug-likeness (QED) is 0.383. The highest BCUT2D eigenvalue weighted by Crippen LogP contribution is 2.34. The number of anilines is 1. The van der Waals surface area contributed by atoms with Crippen LogP contribution in [0.4, 0.5) is 5.82 Å². The Morgan fingerprint density at radius 3 is 2.66 bits per heavy atom. The van der Waals surface area contributed by atoms with Crippen molar-refractivity contribution < 1.29 is 15.0 Å². The number of carboxylic acid groups (broad SMARTS) is 1. The van der Waals surface area contributed by atoms with E-state index in [1.807, 2.05) is 13.0 Å². The van der Waals surface area contributed by atoms with Crippen molar-refractivity contribution in [2.75, 3.05) is 5.73 Å². The summed E-state index contributed by atoms with van der Waals surface area (Å²) in [5, 5.41) is 20.2. The van der Waals surface area contributed by atoms with E-state index in [1.54, 1.807) is 16.7 Å². The van der Waals surface area contributed by atoms with Crippen molar-refractivity contribution in [3.05, 3.63) is 40.4 Å². The topological polar surface area (TPSA) is 160 Å². The van der Waals surface area contributed by atoms with Crippen LogP contribution in [0.3, 0.4) is 0 Å². The predicted octanol–water partition coefficient (Wildman–Crippen LogP) is 2.75. The van der Waals surface area contributed by atoms with Gasteiger partial charge in [0.25, 0.3) is 5.56 Å². The number of nitrogens with one attached hydrogen (secondary N) is 1. The number of hydrogen-bond acceptors (Lipinski definition) is 7. The molecule has 1 aliphatic carbocycles. The molecule has 0 saturated heterocycles. The van der Waals surface area contributed by atoms with Crippen LogP contribution in [-0.4, -0.2) is 40.7 Å². The number of rotatable bonds is 3. The van der Waals surface area contributed by atoms with Gasteiger partial charge in [0.1, 0.15) is 17.6 Å². The lowest BCUT2D eigenvalue weighted by Gasteiger charge is -2.28. The number of fused-ring (bicyclic) bond motifs is 2. The maximum Gasteiger partial charge on any atom is 0.306 e. The number of carboxylic acids is 1. The molecule has 3 heterocycles. The fourth-order valence-electron chi connectivity index (χ4n) is 4.62. The van der Waals surface area contributed by atoms with Crippen molar-refractivity contribution in [1.29, 1.82) is 0 Å². The molecule has 10 heteroatoms. The summed E-state index contributed by atoms with van der Waals surface area (Å²) in [5.74, 6) is -0.956. The summed E-state index contributed by atoms with van der Waals surface area (Å²) >= 11 is 0. The molecule has 0 radical (unpaired) electrons. The third-order valence-corrected chi connectivity index (χ3v) is 6.23. The van der Waals surface area contributed by atoms with Crippen molar-refractivity contribution in [2.24, 2.45) is 5.92 Å². The smallest absolute Gasteiger partial charge is 0.306 e. The molecule has 0 atom stereocenters. The van der Waals surface area contributed by atoms with Gasteiger partial charge in [-0.3, -0.25) is 14.2 Å². The van der Waals surface area contributed by atoms with Gasteiger partial charge in [-0.2, -0.15) is 0 Å². The Morgan fingerprint density at radius 1 is 1.19 bits per heavy atom. The largest absolute Gasteiger partial charge is 0.507 e. The van der Waals surface area contributed by atoms with Gasteiger partial charge >= 0.3 is 5.97 Å². The van der Waals surface area contributed by atoms with Gasteiger partial charge < -0.3 is 20.9 Å². The van der Waals surface area contributed by atoms with Crippen LogP contribution in [0.1, 0.15) is 37.3 Å². The van der Waals surface area contributed by atoms with Gasteiger partial charge in [-0.1, -0.05) is 0 Å². The molecule has 0 spiro atoms. The average Bonchev–Trinajstić information content (AvgIpc) is 3.18. The Kier molecular flexibility index (Phi) is 4.58. The zero-order valence-electron chi connectivity index (χ0n) is 17.4. The monoisotopic (exact) mass is 434 g/mol. The van der Waals surface area contributed by atoms with Crippen molar-refractivity contribution in [2.45, 2.75) is 38.6 Å². The summed E-state index contributed by atoms with van der Waals surface area (Å²) in [5.41, 5.74) is 8.52. The van der Waals surface area contributed by atoms with Gasteiger partial charge in [-0.15, -0.1) is 0 Å². The van der Waals surface area contributed by atoms with E-state index >= 15 is 0 Å². The Morgan fingerprint density at radius 2 is 1.94 bits per heavy atom. The number of carbonyl (C=O) groups is 1. The molecular formula is C22H22N6O4. The lowest BCUT2D eigenvalue weighted by molar-refractivity contribution is -0.143.